The Labute approximate surface area is 339 Å². The Morgan fingerprint density at radius 3 is 2.02 bits per heavy atom. The van der Waals surface area contributed by atoms with Crippen LogP contribution in [-0.2, 0) is 6.42 Å². The quantitative estimate of drug-likeness (QED) is 0.169. The third kappa shape index (κ3) is 3.34. The van der Waals surface area contributed by atoms with E-state index in [2.05, 4.69) is 82.6 Å². The smallest absolute Gasteiger partial charge is 0.252 e. The molecule has 57 heavy (non-hydrogen) atoms. The van der Waals surface area contributed by atoms with Crippen LogP contribution in [0.5, 0.6) is 0 Å². The van der Waals surface area contributed by atoms with Crippen LogP contribution in [0.2, 0.25) is 0 Å². The van der Waals surface area contributed by atoms with E-state index < -0.39 is 0 Å². The number of fused-ring (bicyclic) bond motifs is 4. The predicted molar refractivity (Wildman–Crippen MR) is 231 cm³/mol. The van der Waals surface area contributed by atoms with Gasteiger partial charge in [-0.2, -0.15) is 0 Å². The van der Waals surface area contributed by atoms with Crippen molar-refractivity contribution in [3.63, 3.8) is 0 Å². The number of hydrogen-bond donors (Lipinski definition) is 0. The van der Waals surface area contributed by atoms with Gasteiger partial charge in [0.15, 0.2) is 0 Å². The van der Waals surface area contributed by atoms with E-state index >= 15 is 0 Å². The molecule has 2 nitrogen and oxygen atoms in total. The van der Waals surface area contributed by atoms with Gasteiger partial charge in [-0.1, -0.05) is 42.5 Å². The third-order valence-corrected chi connectivity index (χ3v) is 21.8. The zero-order chi connectivity index (χ0) is 36.2. The lowest BCUT2D eigenvalue weighted by Gasteiger charge is -2.89. The highest BCUT2D eigenvalue weighted by Crippen LogP contribution is 2.91. The molecule has 12 fully saturated rings. The number of hydrogen-bond acceptors (Lipinski definition) is 2. The lowest BCUT2D eigenvalue weighted by Crippen LogP contribution is -2.82. The summed E-state index contributed by atoms with van der Waals surface area (Å²) in [6, 6.07) is 30.8. The molecular formula is C54H55BN2. The van der Waals surface area contributed by atoms with Gasteiger partial charge in [0.05, 0.1) is 0 Å². The molecule has 3 heteroatoms. The highest BCUT2D eigenvalue weighted by atomic mass is 15.2. The Balaban J connectivity index is 0.901. The standard InChI is InChI=1S/C54H55BN2/c1-2-5-37(6-3-1)57-46-21-29(51-42-25-35-24-36-26-43(51)54(35,36)42)8-10-44(46)55-45-11-9-38(50-33-16-28-14-31(20-33)41(50)18-28)39-7-4-12-56(53(39)45)47-22-34(23-48(57)52(47)55)49-32-15-27-13-30(19-32)40(49)17-27/h1-3,5-6,8-11,21-23,27-28,30-33,35-36,40-43,49-51H,4,7,12-20,24-26H2. The Bertz CT molecular complexity index is 2470. The molecule has 0 amide bonds. The highest BCUT2D eigenvalue weighted by molar-refractivity contribution is 7.00. The van der Waals surface area contributed by atoms with Crippen molar-refractivity contribution >= 4 is 51.5 Å². The molecular weight excluding hydrogens is 687 g/mol. The molecule has 0 aromatic heterocycles. The minimum Gasteiger partial charge on any atom is -0.342 e. The molecule has 0 N–H and O–H groups in total. The molecule has 15 aliphatic rings. The fourth-order valence-electron chi connectivity index (χ4n) is 20.5. The average Bonchev–Trinajstić information content (AvgIpc) is 3.83. The summed E-state index contributed by atoms with van der Waals surface area (Å²) in [5, 5.41) is 0. The van der Waals surface area contributed by atoms with Gasteiger partial charge in [-0.15, -0.1) is 0 Å². The maximum atomic E-state index is 2.93. The molecule has 0 saturated heterocycles. The topological polar surface area (TPSA) is 6.48 Å². The molecule has 3 aliphatic heterocycles. The zero-order valence-corrected chi connectivity index (χ0v) is 33.5. The number of para-hydroxylation sites is 1. The molecule has 0 radical (unpaired) electrons. The summed E-state index contributed by atoms with van der Waals surface area (Å²) < 4.78 is 0. The van der Waals surface area contributed by atoms with Crippen molar-refractivity contribution in [2.45, 2.75) is 101 Å². The van der Waals surface area contributed by atoms with Crippen LogP contribution in [0.15, 0.2) is 72.8 Å². The molecule has 14 unspecified atom stereocenters. The second-order valence-corrected chi connectivity index (χ2v) is 23.1. The minimum absolute atomic E-state index is 0.303. The Morgan fingerprint density at radius 2 is 1.26 bits per heavy atom. The molecule has 8 bridgehead atoms. The van der Waals surface area contributed by atoms with Crippen LogP contribution in [0.3, 0.4) is 0 Å². The molecule has 284 valence electrons. The monoisotopic (exact) mass is 742 g/mol. The summed E-state index contributed by atoms with van der Waals surface area (Å²) in [5.41, 5.74) is 20.2. The van der Waals surface area contributed by atoms with Gasteiger partial charge < -0.3 is 9.80 Å². The van der Waals surface area contributed by atoms with E-state index in [1.807, 2.05) is 0 Å². The van der Waals surface area contributed by atoms with Crippen molar-refractivity contribution in [2.24, 2.45) is 76.4 Å². The van der Waals surface area contributed by atoms with E-state index in [1.54, 1.807) is 56.4 Å². The first kappa shape index (κ1) is 30.6. The van der Waals surface area contributed by atoms with E-state index in [4.69, 9.17) is 0 Å². The Hall–Kier alpha value is -3.46. The van der Waals surface area contributed by atoms with Crippen LogP contribution in [0.25, 0.3) is 0 Å². The van der Waals surface area contributed by atoms with E-state index in [9.17, 15) is 0 Å². The number of rotatable bonds is 4. The molecule has 1 spiro atoms. The van der Waals surface area contributed by atoms with Crippen LogP contribution >= 0.6 is 0 Å². The summed E-state index contributed by atoms with van der Waals surface area (Å²) in [6.07, 6.45) is 19.2. The van der Waals surface area contributed by atoms with Crippen LogP contribution < -0.4 is 26.2 Å². The van der Waals surface area contributed by atoms with Crippen molar-refractivity contribution in [3.05, 3.63) is 95.1 Å². The number of nitrogens with zero attached hydrogens (tertiary/aromatic N) is 2. The second-order valence-electron chi connectivity index (χ2n) is 23.1. The molecule has 4 aromatic rings. The molecule has 19 rings (SSSR count). The maximum Gasteiger partial charge on any atom is 0.252 e. The number of anilines is 5. The van der Waals surface area contributed by atoms with Crippen LogP contribution in [0.4, 0.5) is 28.4 Å². The maximum absolute atomic E-state index is 2.93. The average molecular weight is 743 g/mol. The van der Waals surface area contributed by atoms with Crippen molar-refractivity contribution in [2.75, 3.05) is 16.3 Å². The summed E-state index contributed by atoms with van der Waals surface area (Å²) in [4.78, 5) is 5.73. The van der Waals surface area contributed by atoms with E-state index in [1.165, 1.54) is 101 Å². The largest absolute Gasteiger partial charge is 0.342 e. The molecule has 12 saturated carbocycles. The van der Waals surface area contributed by atoms with Crippen LogP contribution in [0, 0.1) is 76.4 Å². The Morgan fingerprint density at radius 1 is 0.561 bits per heavy atom. The van der Waals surface area contributed by atoms with Gasteiger partial charge in [0, 0.05) is 35.0 Å². The first-order chi connectivity index (χ1) is 28.2. The summed E-state index contributed by atoms with van der Waals surface area (Å²) in [5.74, 6) is 14.2. The predicted octanol–water partition coefficient (Wildman–Crippen LogP) is 10.4. The van der Waals surface area contributed by atoms with Crippen molar-refractivity contribution in [3.8, 4) is 0 Å². The van der Waals surface area contributed by atoms with E-state index in [0.717, 1.165) is 94.2 Å². The van der Waals surface area contributed by atoms with Gasteiger partial charge in [-0.25, -0.2) is 0 Å². The van der Waals surface area contributed by atoms with Crippen molar-refractivity contribution < 1.29 is 0 Å². The molecule has 14 atom stereocenters. The van der Waals surface area contributed by atoms with Gasteiger partial charge in [-0.3, -0.25) is 0 Å². The second kappa shape index (κ2) is 9.93. The van der Waals surface area contributed by atoms with Gasteiger partial charge in [-0.05, 0) is 247 Å². The fourth-order valence-corrected chi connectivity index (χ4v) is 20.5. The first-order valence-corrected chi connectivity index (χ1v) is 24.3. The molecule has 4 aromatic carbocycles. The van der Waals surface area contributed by atoms with Gasteiger partial charge in [0.1, 0.15) is 0 Å². The fraction of sp³-hybridized carbons (Fsp3) is 0.556. The SMILES string of the molecule is c1ccc(N2c3cc(C4C5CC6CC7CC4C675)ccc3B3c4ccc(C5C6CC7CC(C6)C5C7)c5c4N(CCC5)c4cc(C5C6CC7CC(C6)C5C7)cc2c43)cc1. The third-order valence-electron chi connectivity index (χ3n) is 21.8. The summed E-state index contributed by atoms with van der Waals surface area (Å²) in [6.45, 7) is 1.47. The van der Waals surface area contributed by atoms with Gasteiger partial charge >= 0.3 is 0 Å². The van der Waals surface area contributed by atoms with E-state index in [0.29, 0.717) is 6.71 Å². The summed E-state index contributed by atoms with van der Waals surface area (Å²) in [7, 11) is 0. The lowest BCUT2D eigenvalue weighted by molar-refractivity contribution is -0.390. The van der Waals surface area contributed by atoms with Crippen molar-refractivity contribution in [1.29, 1.82) is 0 Å². The Kier molecular flexibility index (Phi) is 5.33. The van der Waals surface area contributed by atoms with E-state index in [-0.39, 0.29) is 0 Å². The van der Waals surface area contributed by atoms with Crippen LogP contribution in [0.1, 0.15) is 117 Å². The van der Waals surface area contributed by atoms with Crippen molar-refractivity contribution in [1.82, 2.24) is 0 Å². The normalized spacial score (nSPS) is 45.1. The first-order valence-electron chi connectivity index (χ1n) is 24.3. The van der Waals surface area contributed by atoms with Gasteiger partial charge in [0.25, 0.3) is 6.71 Å². The molecule has 3 heterocycles. The minimum atomic E-state index is 0.303. The highest BCUT2D eigenvalue weighted by Gasteiger charge is 2.84. The zero-order valence-electron chi connectivity index (χ0n) is 33.5. The van der Waals surface area contributed by atoms with Crippen LogP contribution in [-0.4, -0.2) is 13.3 Å². The molecule has 12 aliphatic carbocycles. The lowest BCUT2D eigenvalue weighted by atomic mass is 9.15. The van der Waals surface area contributed by atoms with Gasteiger partial charge in [0.2, 0.25) is 0 Å². The summed E-state index contributed by atoms with van der Waals surface area (Å²) >= 11 is 0. The number of benzene rings is 4.